The Morgan fingerprint density at radius 1 is 0.843 bits per heavy atom. The van der Waals surface area contributed by atoms with Crippen molar-refractivity contribution >= 4 is 35.4 Å². The largest absolute Gasteiger partial charge is 0.459 e. The lowest BCUT2D eigenvalue weighted by Crippen LogP contribution is -2.60. The first-order chi connectivity index (χ1) is 24.5. The minimum Gasteiger partial charge on any atom is -0.459 e. The Morgan fingerprint density at radius 3 is 2.02 bits per heavy atom. The molecule has 0 radical (unpaired) electrons. The van der Waals surface area contributed by atoms with E-state index in [-0.39, 0.29) is 53.8 Å². The number of fused-ring (bicyclic) bond motifs is 1. The van der Waals surface area contributed by atoms with Gasteiger partial charge in [-0.2, -0.15) is 0 Å². The fourth-order valence-corrected chi connectivity index (χ4v) is 9.49. The zero-order valence-corrected chi connectivity index (χ0v) is 30.3. The highest BCUT2D eigenvalue weighted by molar-refractivity contribution is 6.36. The van der Waals surface area contributed by atoms with Gasteiger partial charge < -0.3 is 26.0 Å². The van der Waals surface area contributed by atoms with Crippen molar-refractivity contribution in [3.8, 4) is 0 Å². The Labute approximate surface area is 301 Å². The number of benzene rings is 1. The molecule has 1 aromatic rings. The predicted molar refractivity (Wildman–Crippen MR) is 190 cm³/mol. The third-order valence-corrected chi connectivity index (χ3v) is 12.8. The van der Waals surface area contributed by atoms with Gasteiger partial charge in [-0.25, -0.2) is 9.59 Å². The summed E-state index contributed by atoms with van der Waals surface area (Å²) in [7, 11) is 0. The van der Waals surface area contributed by atoms with Crippen molar-refractivity contribution in [3.05, 3.63) is 35.9 Å². The van der Waals surface area contributed by atoms with Crippen LogP contribution >= 0.6 is 0 Å². The van der Waals surface area contributed by atoms with Crippen molar-refractivity contribution in [2.45, 2.75) is 128 Å². The Bertz CT molecular complexity index is 1460. The number of carbonyl (C=O) groups is 6. The standard InChI is InChI=1S/C40H56N4O7/c1-40(2)29-22-44(34(31(29)40)30(45)21-28(20-24-18-19-24)35(46)36(41)47)37(48)32(26-14-8-4-9-15-26)42-39(50)43-33(27-16-10-5-11-17-27)38(49)51-23-25-12-6-3-7-13-25/h3,6-7,12-13,24,26-29,31-34H,4-5,8-11,14-23H2,1-2H3,(H2,41,47)(H2,42,43,50)/t28?,29-,31-,32-,33-,34+/m0/s1. The molecule has 1 saturated heterocycles. The predicted octanol–water partition coefficient (Wildman–Crippen LogP) is 4.84. The van der Waals surface area contributed by atoms with E-state index in [1.165, 1.54) is 0 Å². The Morgan fingerprint density at radius 2 is 1.43 bits per heavy atom. The van der Waals surface area contributed by atoms with E-state index < -0.39 is 47.7 Å². The normalized spacial score (nSPS) is 26.2. The number of carbonyl (C=O) groups excluding carboxylic acids is 6. The van der Waals surface area contributed by atoms with Crippen molar-refractivity contribution in [3.63, 3.8) is 0 Å². The molecule has 4 saturated carbocycles. The van der Waals surface area contributed by atoms with Crippen LogP contribution in [0.3, 0.4) is 0 Å². The second kappa shape index (κ2) is 15.9. The zero-order chi connectivity index (χ0) is 36.3. The number of esters is 1. The topological polar surface area (TPSA) is 165 Å². The number of primary amides is 1. The molecule has 1 heterocycles. The lowest BCUT2D eigenvalue weighted by Gasteiger charge is -2.37. The summed E-state index contributed by atoms with van der Waals surface area (Å²) in [5.74, 6) is -3.33. The number of nitrogens with zero attached hydrogens (tertiary/aromatic N) is 1. The number of nitrogens with two attached hydrogens (primary N) is 1. The quantitative estimate of drug-likeness (QED) is 0.174. The smallest absolute Gasteiger partial charge is 0.329 e. The molecule has 278 valence electrons. The molecular formula is C40H56N4O7. The number of Topliss-reactive ketones (excluding diaryl/α,β-unsaturated/α-hetero) is 2. The monoisotopic (exact) mass is 704 g/mol. The molecule has 0 spiro atoms. The number of rotatable bonds is 15. The molecule has 4 amide bonds. The van der Waals surface area contributed by atoms with Gasteiger partial charge in [-0.15, -0.1) is 0 Å². The van der Waals surface area contributed by atoms with Crippen molar-refractivity contribution in [1.82, 2.24) is 15.5 Å². The minimum atomic E-state index is -1.03. The SMILES string of the molecule is CC1(C)[C@@H]2[C@@H](C(=O)CC(CC3CC3)C(=O)C(N)=O)N(C(=O)[C@@H](NC(=O)N[C@H](C(=O)OCc3ccccc3)C3CCCCC3)C3CCCCC3)C[C@@H]21. The highest BCUT2D eigenvalue weighted by atomic mass is 16.5. The van der Waals surface area contributed by atoms with Gasteiger partial charge in [-0.3, -0.25) is 19.2 Å². The molecule has 0 aromatic heterocycles. The minimum absolute atomic E-state index is 0.0601. The zero-order valence-electron chi connectivity index (χ0n) is 30.3. The van der Waals surface area contributed by atoms with E-state index >= 15 is 0 Å². The summed E-state index contributed by atoms with van der Waals surface area (Å²) in [6, 6.07) is 6.38. The molecule has 11 nitrogen and oxygen atoms in total. The number of hydrogen-bond donors (Lipinski definition) is 3. The third-order valence-electron chi connectivity index (χ3n) is 12.8. The lowest BCUT2D eigenvalue weighted by atomic mass is 9.82. The van der Waals surface area contributed by atoms with Gasteiger partial charge in [-0.1, -0.05) is 95.5 Å². The van der Waals surface area contributed by atoms with Crippen LogP contribution in [0, 0.1) is 40.9 Å². The van der Waals surface area contributed by atoms with Crippen LogP contribution in [0.1, 0.15) is 109 Å². The average molecular weight is 705 g/mol. The Balaban J connectivity index is 1.19. The molecular weight excluding hydrogens is 648 g/mol. The van der Waals surface area contributed by atoms with Gasteiger partial charge in [0.1, 0.15) is 18.7 Å². The highest BCUT2D eigenvalue weighted by Gasteiger charge is 2.69. The van der Waals surface area contributed by atoms with E-state index in [1.54, 1.807) is 4.90 Å². The first-order valence-electron chi connectivity index (χ1n) is 19.4. The van der Waals surface area contributed by atoms with Crippen LogP contribution in [-0.2, 0) is 35.3 Å². The lowest BCUT2D eigenvalue weighted by molar-refractivity contribution is -0.149. The van der Waals surface area contributed by atoms with Crippen LogP contribution in [0.2, 0.25) is 0 Å². The Kier molecular flexibility index (Phi) is 11.5. The van der Waals surface area contributed by atoms with E-state index in [4.69, 9.17) is 10.5 Å². The van der Waals surface area contributed by atoms with Gasteiger partial charge in [0.05, 0.1) is 6.04 Å². The second-order valence-corrected chi connectivity index (χ2v) is 16.6. The summed E-state index contributed by atoms with van der Waals surface area (Å²) in [6.07, 6.45) is 11.3. The summed E-state index contributed by atoms with van der Waals surface area (Å²) in [6.45, 7) is 4.71. The summed E-state index contributed by atoms with van der Waals surface area (Å²) >= 11 is 0. The molecule has 4 N–H and O–H groups in total. The summed E-state index contributed by atoms with van der Waals surface area (Å²) in [5.41, 5.74) is 6.10. The van der Waals surface area contributed by atoms with Crippen molar-refractivity contribution in [1.29, 1.82) is 0 Å². The van der Waals surface area contributed by atoms with Crippen LogP contribution in [0.4, 0.5) is 4.79 Å². The fraction of sp³-hybridized carbons (Fsp3) is 0.700. The number of piperidine rings is 1. The molecule has 5 aliphatic rings. The number of ketones is 2. The molecule has 0 bridgehead atoms. The fourth-order valence-electron chi connectivity index (χ4n) is 9.49. The van der Waals surface area contributed by atoms with E-state index in [0.717, 1.165) is 82.6 Å². The third kappa shape index (κ3) is 8.66. The van der Waals surface area contributed by atoms with Gasteiger partial charge in [0.25, 0.3) is 5.91 Å². The number of ether oxygens (including phenoxy) is 1. The molecule has 51 heavy (non-hydrogen) atoms. The summed E-state index contributed by atoms with van der Waals surface area (Å²) < 4.78 is 5.71. The number of hydrogen-bond acceptors (Lipinski definition) is 7. The molecule has 5 fully saturated rings. The molecule has 1 aliphatic heterocycles. The molecule has 6 rings (SSSR count). The average Bonchev–Trinajstić information content (AvgIpc) is 3.99. The number of likely N-dealkylation sites (tertiary alicyclic amines) is 1. The molecule has 4 aliphatic carbocycles. The van der Waals surface area contributed by atoms with E-state index in [9.17, 15) is 28.8 Å². The number of nitrogens with one attached hydrogen (secondary N) is 2. The molecule has 1 aromatic carbocycles. The van der Waals surface area contributed by atoms with Crippen molar-refractivity contribution < 1.29 is 33.5 Å². The van der Waals surface area contributed by atoms with Crippen LogP contribution in [0.15, 0.2) is 30.3 Å². The second-order valence-electron chi connectivity index (χ2n) is 16.6. The van der Waals surface area contributed by atoms with E-state index in [0.29, 0.717) is 18.9 Å². The van der Waals surface area contributed by atoms with Gasteiger partial charge in [0, 0.05) is 18.9 Å². The van der Waals surface area contributed by atoms with Gasteiger partial charge in [0.15, 0.2) is 5.78 Å². The number of urea groups is 1. The summed E-state index contributed by atoms with van der Waals surface area (Å²) in [5, 5.41) is 5.94. The number of amides is 4. The van der Waals surface area contributed by atoms with Crippen LogP contribution in [-0.4, -0.2) is 65.0 Å². The summed E-state index contributed by atoms with van der Waals surface area (Å²) in [4.78, 5) is 82.6. The maximum atomic E-state index is 14.7. The maximum absolute atomic E-state index is 14.7. The Hall–Kier alpha value is -3.76. The molecule has 6 atom stereocenters. The van der Waals surface area contributed by atoms with Gasteiger partial charge in [-0.05, 0) is 72.7 Å². The molecule has 1 unspecified atom stereocenters. The van der Waals surface area contributed by atoms with E-state index in [1.807, 2.05) is 30.3 Å². The van der Waals surface area contributed by atoms with Crippen LogP contribution in [0.5, 0.6) is 0 Å². The highest BCUT2D eigenvalue weighted by Crippen LogP contribution is 2.65. The van der Waals surface area contributed by atoms with Crippen molar-refractivity contribution in [2.24, 2.45) is 46.7 Å². The van der Waals surface area contributed by atoms with Gasteiger partial charge in [0.2, 0.25) is 11.7 Å². The first-order valence-corrected chi connectivity index (χ1v) is 19.4. The van der Waals surface area contributed by atoms with E-state index in [2.05, 4.69) is 24.5 Å². The molecule has 11 heteroatoms. The van der Waals surface area contributed by atoms with Crippen molar-refractivity contribution in [2.75, 3.05) is 6.54 Å². The maximum Gasteiger partial charge on any atom is 0.329 e. The van der Waals surface area contributed by atoms with Crippen LogP contribution < -0.4 is 16.4 Å². The first kappa shape index (κ1) is 37.0. The van der Waals surface area contributed by atoms with Crippen LogP contribution in [0.25, 0.3) is 0 Å². The van der Waals surface area contributed by atoms with Gasteiger partial charge >= 0.3 is 12.0 Å².